The standard InChI is InChI=1S/C13H17N3O2/c1-14-13(18)11-6-2-3-8-16(11)12-10(9-17)5-4-7-15-12/h4-5,7,9,11H,2-3,6,8H2,1H3,(H,14,18). The number of hydrogen-bond acceptors (Lipinski definition) is 4. The summed E-state index contributed by atoms with van der Waals surface area (Å²) in [6.45, 7) is 0.760. The van der Waals surface area contributed by atoms with Gasteiger partial charge in [0.2, 0.25) is 5.91 Å². The molecule has 5 nitrogen and oxygen atoms in total. The summed E-state index contributed by atoms with van der Waals surface area (Å²) in [6.07, 6.45) is 5.28. The molecule has 1 aliphatic heterocycles. The van der Waals surface area contributed by atoms with Gasteiger partial charge >= 0.3 is 0 Å². The Kier molecular flexibility index (Phi) is 3.92. The molecule has 0 spiro atoms. The van der Waals surface area contributed by atoms with Crippen LogP contribution in [0, 0.1) is 0 Å². The first-order valence-corrected chi connectivity index (χ1v) is 6.16. The Morgan fingerprint density at radius 2 is 2.39 bits per heavy atom. The lowest BCUT2D eigenvalue weighted by Gasteiger charge is -2.35. The molecule has 1 atom stereocenters. The summed E-state index contributed by atoms with van der Waals surface area (Å²) in [5, 5.41) is 2.68. The van der Waals surface area contributed by atoms with E-state index in [1.165, 1.54) is 0 Å². The number of amides is 1. The lowest BCUT2D eigenvalue weighted by molar-refractivity contribution is -0.122. The quantitative estimate of drug-likeness (QED) is 0.809. The minimum absolute atomic E-state index is 0.0165. The first-order chi connectivity index (χ1) is 8.77. The molecule has 1 aliphatic rings. The van der Waals surface area contributed by atoms with E-state index in [0.29, 0.717) is 11.4 Å². The third kappa shape index (κ3) is 2.34. The van der Waals surface area contributed by atoms with Gasteiger partial charge in [-0.3, -0.25) is 9.59 Å². The molecule has 1 fully saturated rings. The molecular weight excluding hydrogens is 230 g/mol. The van der Waals surface area contributed by atoms with Crippen LogP contribution in [-0.4, -0.2) is 36.8 Å². The second-order valence-electron chi connectivity index (χ2n) is 4.35. The van der Waals surface area contributed by atoms with Crippen molar-refractivity contribution in [1.82, 2.24) is 10.3 Å². The molecule has 2 heterocycles. The Morgan fingerprint density at radius 3 is 3.11 bits per heavy atom. The van der Waals surface area contributed by atoms with Gasteiger partial charge in [0.05, 0.1) is 5.56 Å². The van der Waals surface area contributed by atoms with E-state index in [0.717, 1.165) is 32.1 Å². The molecule has 96 valence electrons. The van der Waals surface area contributed by atoms with E-state index in [1.54, 1.807) is 25.4 Å². The number of aldehydes is 1. The zero-order chi connectivity index (χ0) is 13.0. The van der Waals surface area contributed by atoms with Gasteiger partial charge in [-0.05, 0) is 31.4 Å². The molecule has 0 radical (unpaired) electrons. The lowest BCUT2D eigenvalue weighted by atomic mass is 10.0. The van der Waals surface area contributed by atoms with Crippen molar-refractivity contribution in [2.45, 2.75) is 25.3 Å². The van der Waals surface area contributed by atoms with Crippen molar-refractivity contribution in [2.75, 3.05) is 18.5 Å². The van der Waals surface area contributed by atoms with Gasteiger partial charge in [0, 0.05) is 19.8 Å². The van der Waals surface area contributed by atoms with Gasteiger partial charge in [-0.1, -0.05) is 0 Å². The molecule has 1 amide bonds. The number of carbonyl (C=O) groups excluding carboxylic acids is 2. The second-order valence-corrected chi connectivity index (χ2v) is 4.35. The Bertz CT molecular complexity index is 448. The summed E-state index contributed by atoms with van der Waals surface area (Å²) < 4.78 is 0. The van der Waals surface area contributed by atoms with Gasteiger partial charge in [0.15, 0.2) is 6.29 Å². The minimum Gasteiger partial charge on any atom is -0.357 e. The molecule has 0 aliphatic carbocycles. The zero-order valence-corrected chi connectivity index (χ0v) is 10.4. The number of piperidine rings is 1. The Hall–Kier alpha value is -1.91. The van der Waals surface area contributed by atoms with Gasteiger partial charge in [0.1, 0.15) is 11.9 Å². The van der Waals surface area contributed by atoms with Crippen LogP contribution in [0.1, 0.15) is 29.6 Å². The van der Waals surface area contributed by atoms with E-state index in [4.69, 9.17) is 0 Å². The van der Waals surface area contributed by atoms with E-state index >= 15 is 0 Å². The number of nitrogens with one attached hydrogen (secondary N) is 1. The maximum atomic E-state index is 11.9. The monoisotopic (exact) mass is 247 g/mol. The lowest BCUT2D eigenvalue weighted by Crippen LogP contribution is -2.49. The Balaban J connectivity index is 2.33. The summed E-state index contributed by atoms with van der Waals surface area (Å²) in [5.41, 5.74) is 0.535. The van der Waals surface area contributed by atoms with Crippen LogP contribution in [0.4, 0.5) is 5.82 Å². The SMILES string of the molecule is CNC(=O)C1CCCCN1c1ncccc1C=O. The van der Waals surface area contributed by atoms with Crippen LogP contribution in [0.25, 0.3) is 0 Å². The molecule has 5 heteroatoms. The van der Waals surface area contributed by atoms with Crippen LogP contribution in [0.2, 0.25) is 0 Å². The molecular formula is C13H17N3O2. The third-order valence-corrected chi connectivity index (χ3v) is 3.27. The van der Waals surface area contributed by atoms with Crippen LogP contribution in [0.5, 0.6) is 0 Å². The van der Waals surface area contributed by atoms with Gasteiger partial charge in [-0.25, -0.2) is 4.98 Å². The molecule has 1 N–H and O–H groups in total. The third-order valence-electron chi connectivity index (χ3n) is 3.27. The molecule has 1 aromatic heterocycles. The van der Waals surface area contributed by atoms with E-state index in [-0.39, 0.29) is 11.9 Å². The average molecular weight is 247 g/mol. The average Bonchev–Trinajstić information content (AvgIpc) is 2.46. The van der Waals surface area contributed by atoms with Crippen molar-refractivity contribution in [3.05, 3.63) is 23.9 Å². The Labute approximate surface area is 106 Å². The number of aromatic nitrogens is 1. The maximum Gasteiger partial charge on any atom is 0.242 e. The van der Waals surface area contributed by atoms with Crippen LogP contribution < -0.4 is 10.2 Å². The number of nitrogens with zero attached hydrogens (tertiary/aromatic N) is 2. The maximum absolute atomic E-state index is 11.9. The molecule has 0 saturated carbocycles. The molecule has 0 aromatic carbocycles. The fraction of sp³-hybridized carbons (Fsp3) is 0.462. The molecule has 1 aromatic rings. The van der Waals surface area contributed by atoms with Crippen molar-refractivity contribution >= 4 is 18.0 Å². The highest BCUT2D eigenvalue weighted by molar-refractivity contribution is 5.88. The first kappa shape index (κ1) is 12.5. The molecule has 2 rings (SSSR count). The van der Waals surface area contributed by atoms with Crippen molar-refractivity contribution in [3.63, 3.8) is 0 Å². The van der Waals surface area contributed by atoms with Crippen molar-refractivity contribution in [1.29, 1.82) is 0 Å². The van der Waals surface area contributed by atoms with Crippen molar-refractivity contribution in [2.24, 2.45) is 0 Å². The molecule has 1 unspecified atom stereocenters. The van der Waals surface area contributed by atoms with Crippen LogP contribution in [-0.2, 0) is 4.79 Å². The highest BCUT2D eigenvalue weighted by atomic mass is 16.2. The first-order valence-electron chi connectivity index (χ1n) is 6.16. The fourth-order valence-electron chi connectivity index (χ4n) is 2.37. The highest BCUT2D eigenvalue weighted by Crippen LogP contribution is 2.25. The predicted octanol–water partition coefficient (Wildman–Crippen LogP) is 0.999. The van der Waals surface area contributed by atoms with E-state index < -0.39 is 0 Å². The van der Waals surface area contributed by atoms with Crippen LogP contribution >= 0.6 is 0 Å². The number of likely N-dealkylation sites (N-methyl/N-ethyl adjacent to an activating group) is 1. The molecule has 0 bridgehead atoms. The van der Waals surface area contributed by atoms with Gasteiger partial charge < -0.3 is 10.2 Å². The predicted molar refractivity (Wildman–Crippen MR) is 68.7 cm³/mol. The normalized spacial score (nSPS) is 19.4. The Morgan fingerprint density at radius 1 is 1.56 bits per heavy atom. The largest absolute Gasteiger partial charge is 0.357 e. The smallest absolute Gasteiger partial charge is 0.242 e. The zero-order valence-electron chi connectivity index (χ0n) is 10.4. The van der Waals surface area contributed by atoms with E-state index in [1.807, 2.05) is 4.90 Å². The van der Waals surface area contributed by atoms with Crippen molar-refractivity contribution in [3.8, 4) is 0 Å². The summed E-state index contributed by atoms with van der Waals surface area (Å²) >= 11 is 0. The van der Waals surface area contributed by atoms with Crippen molar-refractivity contribution < 1.29 is 9.59 Å². The van der Waals surface area contributed by atoms with Crippen LogP contribution in [0.15, 0.2) is 18.3 Å². The number of pyridine rings is 1. The van der Waals surface area contributed by atoms with Crippen LogP contribution in [0.3, 0.4) is 0 Å². The van der Waals surface area contributed by atoms with Gasteiger partial charge in [-0.2, -0.15) is 0 Å². The van der Waals surface area contributed by atoms with E-state index in [2.05, 4.69) is 10.3 Å². The number of carbonyl (C=O) groups is 2. The molecule has 1 saturated heterocycles. The summed E-state index contributed by atoms with van der Waals surface area (Å²) in [6, 6.07) is 3.23. The number of hydrogen-bond donors (Lipinski definition) is 1. The number of anilines is 1. The highest BCUT2D eigenvalue weighted by Gasteiger charge is 2.30. The number of rotatable bonds is 3. The summed E-state index contributed by atoms with van der Waals surface area (Å²) in [7, 11) is 1.63. The van der Waals surface area contributed by atoms with E-state index in [9.17, 15) is 9.59 Å². The summed E-state index contributed by atoms with van der Waals surface area (Å²) in [5.74, 6) is 0.595. The summed E-state index contributed by atoms with van der Waals surface area (Å²) in [4.78, 5) is 29.1. The second kappa shape index (κ2) is 5.62. The fourth-order valence-corrected chi connectivity index (χ4v) is 2.37. The molecule has 18 heavy (non-hydrogen) atoms. The van der Waals surface area contributed by atoms with Gasteiger partial charge in [-0.15, -0.1) is 0 Å². The van der Waals surface area contributed by atoms with Gasteiger partial charge in [0.25, 0.3) is 0 Å². The topological polar surface area (TPSA) is 62.3 Å². The minimum atomic E-state index is -0.225.